The van der Waals surface area contributed by atoms with Gasteiger partial charge in [0.2, 0.25) is 0 Å². The van der Waals surface area contributed by atoms with E-state index in [2.05, 4.69) is 17.2 Å². The van der Waals surface area contributed by atoms with Crippen LogP contribution in [-0.2, 0) is 4.79 Å². The molecule has 0 atom stereocenters. The molecule has 0 aliphatic heterocycles. The molecule has 5 nitrogen and oxygen atoms in total. The van der Waals surface area contributed by atoms with E-state index in [0.717, 1.165) is 18.4 Å². The Hall–Kier alpha value is -1.91. The first-order valence-electron chi connectivity index (χ1n) is 6.83. The Bertz CT molecular complexity index is 536. The molecule has 0 radical (unpaired) electrons. The fourth-order valence-electron chi connectivity index (χ4n) is 1.93. The van der Waals surface area contributed by atoms with Crippen LogP contribution in [0.4, 0.5) is 0 Å². The molecule has 5 heteroatoms. The van der Waals surface area contributed by atoms with Crippen molar-refractivity contribution < 1.29 is 9.63 Å². The van der Waals surface area contributed by atoms with E-state index in [9.17, 15) is 4.79 Å². The van der Waals surface area contributed by atoms with E-state index in [1.54, 1.807) is 0 Å². The van der Waals surface area contributed by atoms with Crippen molar-refractivity contribution in [3.8, 4) is 0 Å². The number of nitrogens with zero attached hydrogens (tertiary/aromatic N) is 3. The lowest BCUT2D eigenvalue weighted by molar-refractivity contribution is -0.145. The summed E-state index contributed by atoms with van der Waals surface area (Å²) in [6, 6.07) is 7.39. The monoisotopic (exact) mass is 261 g/mol. The molecule has 0 spiro atoms. The lowest BCUT2D eigenvalue weighted by atomic mass is 10.1. The number of para-hydroxylation sites is 1. The smallest absolute Gasteiger partial charge is 0.317 e. The molecule has 1 aromatic carbocycles. The summed E-state index contributed by atoms with van der Waals surface area (Å²) in [5.41, 5.74) is 1.43. The maximum absolute atomic E-state index is 11.7. The van der Waals surface area contributed by atoms with Crippen molar-refractivity contribution in [2.75, 3.05) is 0 Å². The number of fused-ring (bicyclic) bond motifs is 1. The molecule has 2 aromatic rings. The first kappa shape index (κ1) is 13.5. The second kappa shape index (κ2) is 6.87. The van der Waals surface area contributed by atoms with E-state index in [4.69, 9.17) is 4.84 Å². The van der Waals surface area contributed by atoms with Crippen LogP contribution in [0.15, 0.2) is 24.3 Å². The van der Waals surface area contributed by atoms with Crippen molar-refractivity contribution in [3.05, 3.63) is 24.3 Å². The zero-order valence-corrected chi connectivity index (χ0v) is 11.2. The number of carbonyl (C=O) groups excluding carboxylic acids is 1. The fraction of sp³-hybridized carbons (Fsp3) is 0.500. The standard InChI is InChI=1S/C14H19N3O2/c1-2-3-4-5-6-11-14(18)19-17-13-10-8-7-9-12(13)15-16-17/h7-10H,2-6,11H2,1H3. The van der Waals surface area contributed by atoms with E-state index < -0.39 is 0 Å². The molecular formula is C14H19N3O2. The number of unbranched alkanes of at least 4 members (excludes halogenated alkanes) is 4. The van der Waals surface area contributed by atoms with Crippen LogP contribution < -0.4 is 4.84 Å². The average Bonchev–Trinajstić information content (AvgIpc) is 2.82. The Labute approximate surface area is 112 Å². The molecule has 2 rings (SSSR count). The van der Waals surface area contributed by atoms with Gasteiger partial charge in [-0.3, -0.25) is 0 Å². The highest BCUT2D eigenvalue weighted by molar-refractivity contribution is 5.75. The maximum atomic E-state index is 11.7. The topological polar surface area (TPSA) is 57.0 Å². The number of rotatable bonds is 7. The predicted molar refractivity (Wildman–Crippen MR) is 72.5 cm³/mol. The number of carbonyl (C=O) groups is 1. The summed E-state index contributed by atoms with van der Waals surface area (Å²) in [6.07, 6.45) is 5.97. The van der Waals surface area contributed by atoms with E-state index in [0.29, 0.717) is 11.9 Å². The van der Waals surface area contributed by atoms with Crippen LogP contribution in [0.2, 0.25) is 0 Å². The van der Waals surface area contributed by atoms with Gasteiger partial charge < -0.3 is 4.84 Å². The molecule has 0 saturated carbocycles. The Morgan fingerprint density at radius 2 is 2.00 bits per heavy atom. The highest BCUT2D eigenvalue weighted by atomic mass is 16.7. The summed E-state index contributed by atoms with van der Waals surface area (Å²) in [4.78, 5) is 18.1. The summed E-state index contributed by atoms with van der Waals surface area (Å²) >= 11 is 0. The third-order valence-electron chi connectivity index (χ3n) is 2.99. The Morgan fingerprint density at radius 3 is 2.84 bits per heavy atom. The van der Waals surface area contributed by atoms with E-state index in [1.807, 2.05) is 24.3 Å². The van der Waals surface area contributed by atoms with Crippen molar-refractivity contribution >= 4 is 17.0 Å². The lowest BCUT2D eigenvalue weighted by Gasteiger charge is -2.03. The quantitative estimate of drug-likeness (QED) is 0.568. The summed E-state index contributed by atoms with van der Waals surface area (Å²) in [7, 11) is 0. The van der Waals surface area contributed by atoms with Gasteiger partial charge in [-0.25, -0.2) is 4.79 Å². The second-order valence-electron chi connectivity index (χ2n) is 4.58. The van der Waals surface area contributed by atoms with Crippen LogP contribution in [0.3, 0.4) is 0 Å². The van der Waals surface area contributed by atoms with E-state index >= 15 is 0 Å². The first-order chi connectivity index (χ1) is 9.31. The Balaban J connectivity index is 1.82. The SMILES string of the molecule is CCCCCCCC(=O)On1nnc2ccccc21. The van der Waals surface area contributed by atoms with Gasteiger partial charge in [-0.15, -0.1) is 5.10 Å². The third kappa shape index (κ3) is 3.77. The van der Waals surface area contributed by atoms with Gasteiger partial charge in [0.05, 0.1) is 0 Å². The molecular weight excluding hydrogens is 242 g/mol. The lowest BCUT2D eigenvalue weighted by Crippen LogP contribution is -2.20. The van der Waals surface area contributed by atoms with Gasteiger partial charge in [-0.1, -0.05) is 49.6 Å². The Morgan fingerprint density at radius 1 is 1.21 bits per heavy atom. The number of hydrogen-bond acceptors (Lipinski definition) is 4. The summed E-state index contributed by atoms with van der Waals surface area (Å²) in [5.74, 6) is -0.257. The van der Waals surface area contributed by atoms with Crippen LogP contribution in [0.25, 0.3) is 11.0 Å². The van der Waals surface area contributed by atoms with Crippen molar-refractivity contribution in [1.29, 1.82) is 0 Å². The van der Waals surface area contributed by atoms with Gasteiger partial charge in [-0.05, 0) is 23.8 Å². The molecule has 1 heterocycles. The van der Waals surface area contributed by atoms with Crippen molar-refractivity contribution in [2.45, 2.75) is 45.4 Å². The molecule has 19 heavy (non-hydrogen) atoms. The van der Waals surface area contributed by atoms with Crippen molar-refractivity contribution in [3.63, 3.8) is 0 Å². The largest absolute Gasteiger partial charge is 0.335 e. The van der Waals surface area contributed by atoms with Gasteiger partial charge in [0.1, 0.15) is 11.0 Å². The molecule has 1 aromatic heterocycles. The zero-order valence-electron chi connectivity index (χ0n) is 11.2. The minimum absolute atomic E-state index is 0.257. The van der Waals surface area contributed by atoms with Gasteiger partial charge in [0.25, 0.3) is 0 Å². The van der Waals surface area contributed by atoms with Crippen LogP contribution >= 0.6 is 0 Å². The summed E-state index contributed by atoms with van der Waals surface area (Å²) in [6.45, 7) is 2.17. The number of hydrogen-bond donors (Lipinski definition) is 0. The number of aromatic nitrogens is 3. The summed E-state index contributed by atoms with van der Waals surface area (Å²) < 4.78 is 0. The van der Waals surface area contributed by atoms with Crippen molar-refractivity contribution in [1.82, 2.24) is 15.2 Å². The van der Waals surface area contributed by atoms with Gasteiger partial charge in [0.15, 0.2) is 0 Å². The predicted octanol–water partition coefficient (Wildman–Crippen LogP) is 2.75. The molecule has 0 aliphatic carbocycles. The minimum atomic E-state index is -0.257. The van der Waals surface area contributed by atoms with Crippen LogP contribution in [0.5, 0.6) is 0 Å². The Kier molecular flexibility index (Phi) is 4.89. The van der Waals surface area contributed by atoms with Gasteiger partial charge >= 0.3 is 5.97 Å². The van der Waals surface area contributed by atoms with Gasteiger partial charge in [0, 0.05) is 6.42 Å². The van der Waals surface area contributed by atoms with E-state index in [1.165, 1.54) is 24.1 Å². The zero-order chi connectivity index (χ0) is 13.5. The average molecular weight is 261 g/mol. The first-order valence-corrected chi connectivity index (χ1v) is 6.83. The normalized spacial score (nSPS) is 10.8. The van der Waals surface area contributed by atoms with Crippen LogP contribution in [0.1, 0.15) is 45.4 Å². The maximum Gasteiger partial charge on any atom is 0.335 e. The summed E-state index contributed by atoms with van der Waals surface area (Å²) in [5, 5.41) is 7.74. The second-order valence-corrected chi connectivity index (χ2v) is 4.58. The number of benzene rings is 1. The van der Waals surface area contributed by atoms with Crippen LogP contribution in [-0.4, -0.2) is 21.1 Å². The molecule has 102 valence electrons. The minimum Gasteiger partial charge on any atom is -0.317 e. The molecule has 0 N–H and O–H groups in total. The highest BCUT2D eigenvalue weighted by Gasteiger charge is 2.09. The van der Waals surface area contributed by atoms with Crippen molar-refractivity contribution in [2.24, 2.45) is 0 Å². The molecule has 0 saturated heterocycles. The molecule has 0 fully saturated rings. The van der Waals surface area contributed by atoms with Crippen LogP contribution in [0, 0.1) is 0 Å². The fourth-order valence-corrected chi connectivity index (χ4v) is 1.93. The van der Waals surface area contributed by atoms with E-state index in [-0.39, 0.29) is 5.97 Å². The molecule has 0 bridgehead atoms. The van der Waals surface area contributed by atoms with Gasteiger partial charge in [-0.2, -0.15) is 0 Å². The molecule has 0 amide bonds. The molecule has 0 unspecified atom stereocenters. The molecule has 0 aliphatic rings. The highest BCUT2D eigenvalue weighted by Crippen LogP contribution is 2.09. The third-order valence-corrected chi connectivity index (χ3v) is 2.99.